The van der Waals surface area contributed by atoms with Crippen LogP contribution in [0.5, 0.6) is 0 Å². The van der Waals surface area contributed by atoms with E-state index in [2.05, 4.69) is 36.4 Å². The number of rotatable bonds is 8. The molecule has 0 spiro atoms. The van der Waals surface area contributed by atoms with Crippen molar-refractivity contribution < 1.29 is 4.74 Å². The molecule has 1 fully saturated rings. The molecule has 1 aliphatic carbocycles. The molecule has 0 N–H and O–H groups in total. The second-order valence-corrected chi connectivity index (χ2v) is 6.37. The quantitative estimate of drug-likeness (QED) is 0.325. The molecule has 1 rings (SSSR count). The Labute approximate surface area is 121 Å². The minimum absolute atomic E-state index is 0.235. The van der Waals surface area contributed by atoms with E-state index in [1.54, 1.807) is 0 Å². The third-order valence-corrected chi connectivity index (χ3v) is 5.50. The summed E-state index contributed by atoms with van der Waals surface area (Å²) < 4.78 is 7.42. The van der Waals surface area contributed by atoms with Crippen LogP contribution in [-0.2, 0) is 4.74 Å². The number of hydrogen-bond donors (Lipinski definition) is 0. The summed E-state index contributed by atoms with van der Waals surface area (Å²) in [5.74, 6) is 0.982. The first-order chi connectivity index (χ1) is 8.26. The molecule has 102 valence electrons. The molecule has 0 atom stereocenters. The zero-order chi connectivity index (χ0) is 12.6. The van der Waals surface area contributed by atoms with Crippen molar-refractivity contribution in [2.24, 2.45) is 5.92 Å². The summed E-state index contributed by atoms with van der Waals surface area (Å²) in [5, 5.41) is 0. The Kier molecular flexibility index (Phi) is 8.09. The molecule has 0 heterocycles. The highest BCUT2D eigenvalue weighted by atomic mass is 127. The molecule has 2 heteroatoms. The molecule has 1 aliphatic rings. The molecule has 0 radical (unpaired) electrons. The second kappa shape index (κ2) is 8.73. The van der Waals surface area contributed by atoms with Gasteiger partial charge in [0.05, 0.1) is 5.60 Å². The van der Waals surface area contributed by atoms with Gasteiger partial charge in [0.15, 0.2) is 0 Å². The van der Waals surface area contributed by atoms with Crippen LogP contribution in [0.15, 0.2) is 0 Å². The smallest absolute Gasteiger partial charge is 0.0771 e. The lowest BCUT2D eigenvalue weighted by Crippen LogP contribution is -2.39. The van der Waals surface area contributed by atoms with Gasteiger partial charge in [0, 0.05) is 11.0 Å². The number of hydrogen-bond acceptors (Lipinski definition) is 1. The van der Waals surface area contributed by atoms with Gasteiger partial charge in [-0.15, -0.1) is 0 Å². The summed E-state index contributed by atoms with van der Waals surface area (Å²) >= 11 is 2.52. The Bertz CT molecular complexity index is 180. The fourth-order valence-electron chi connectivity index (χ4n) is 2.86. The van der Waals surface area contributed by atoms with E-state index in [0.717, 1.165) is 12.5 Å². The second-order valence-electron chi connectivity index (χ2n) is 5.60. The first kappa shape index (κ1) is 15.7. The Hall–Kier alpha value is 0.690. The molecule has 0 saturated heterocycles. The van der Waals surface area contributed by atoms with Crippen LogP contribution in [0.25, 0.3) is 0 Å². The fraction of sp³-hybridized carbons (Fsp3) is 1.00. The summed E-state index contributed by atoms with van der Waals surface area (Å²) in [6.45, 7) is 5.54. The Morgan fingerprint density at radius 2 is 1.82 bits per heavy atom. The van der Waals surface area contributed by atoms with Crippen LogP contribution in [0.3, 0.4) is 0 Å². The van der Waals surface area contributed by atoms with Crippen LogP contribution >= 0.6 is 22.6 Å². The Morgan fingerprint density at radius 3 is 2.35 bits per heavy atom. The minimum Gasteiger partial charge on any atom is -0.374 e. The van der Waals surface area contributed by atoms with E-state index >= 15 is 0 Å². The van der Waals surface area contributed by atoms with Crippen molar-refractivity contribution in [2.45, 2.75) is 77.2 Å². The highest BCUT2D eigenvalue weighted by Crippen LogP contribution is 2.38. The van der Waals surface area contributed by atoms with Gasteiger partial charge >= 0.3 is 0 Å². The maximum absolute atomic E-state index is 6.24. The first-order valence-electron chi connectivity index (χ1n) is 7.46. The predicted octanol–water partition coefficient (Wildman–Crippen LogP) is 5.36. The van der Waals surface area contributed by atoms with Gasteiger partial charge in [0.2, 0.25) is 0 Å². The normalized spacial score (nSPS) is 29.5. The van der Waals surface area contributed by atoms with E-state index in [1.807, 2.05) is 0 Å². The van der Waals surface area contributed by atoms with Gasteiger partial charge in [-0.05, 0) is 38.0 Å². The van der Waals surface area contributed by atoms with Crippen molar-refractivity contribution in [3.63, 3.8) is 0 Å². The van der Waals surface area contributed by atoms with E-state index in [0.29, 0.717) is 0 Å². The zero-order valence-corrected chi connectivity index (χ0v) is 13.8. The molecular formula is C15H29IO. The van der Waals surface area contributed by atoms with E-state index < -0.39 is 0 Å². The lowest BCUT2D eigenvalue weighted by molar-refractivity contribution is -0.0604. The monoisotopic (exact) mass is 352 g/mol. The molecular weight excluding hydrogens is 323 g/mol. The molecule has 0 bridgehead atoms. The largest absolute Gasteiger partial charge is 0.374 e. The van der Waals surface area contributed by atoms with Gasteiger partial charge in [-0.1, -0.05) is 62.1 Å². The van der Waals surface area contributed by atoms with E-state index in [4.69, 9.17) is 4.74 Å². The third kappa shape index (κ3) is 5.46. The summed E-state index contributed by atoms with van der Waals surface area (Å²) in [6, 6.07) is 0. The van der Waals surface area contributed by atoms with Gasteiger partial charge in [-0.25, -0.2) is 0 Å². The number of alkyl halides is 1. The third-order valence-electron chi connectivity index (χ3n) is 4.11. The fourth-order valence-corrected chi connectivity index (χ4v) is 3.84. The van der Waals surface area contributed by atoms with Gasteiger partial charge < -0.3 is 4.74 Å². The zero-order valence-electron chi connectivity index (χ0n) is 11.6. The van der Waals surface area contributed by atoms with E-state index in [1.165, 1.54) is 62.2 Å². The summed E-state index contributed by atoms with van der Waals surface area (Å²) in [4.78, 5) is 0. The maximum Gasteiger partial charge on any atom is 0.0771 e. The molecule has 0 unspecified atom stereocenters. The van der Waals surface area contributed by atoms with Crippen LogP contribution in [-0.4, -0.2) is 16.6 Å². The van der Waals surface area contributed by atoms with E-state index in [-0.39, 0.29) is 5.60 Å². The molecule has 0 aromatic rings. The summed E-state index contributed by atoms with van der Waals surface area (Å²) in [7, 11) is 0. The average Bonchev–Trinajstić information content (AvgIpc) is 2.37. The van der Waals surface area contributed by atoms with Crippen molar-refractivity contribution in [3.8, 4) is 0 Å². The van der Waals surface area contributed by atoms with Crippen LogP contribution in [0.4, 0.5) is 0 Å². The summed E-state index contributed by atoms with van der Waals surface area (Å²) in [5.41, 5.74) is 0.235. The number of ether oxygens (including phenoxy) is 1. The molecule has 0 aromatic carbocycles. The van der Waals surface area contributed by atoms with Crippen molar-refractivity contribution in [1.29, 1.82) is 0 Å². The van der Waals surface area contributed by atoms with E-state index in [9.17, 15) is 0 Å². The molecule has 17 heavy (non-hydrogen) atoms. The average molecular weight is 352 g/mol. The predicted molar refractivity (Wildman–Crippen MR) is 84.0 cm³/mol. The SMILES string of the molecule is CCCCCOC1(CI)CCC(CCC)CC1. The Balaban J connectivity index is 2.28. The molecule has 1 saturated carbocycles. The number of halogens is 1. The van der Waals surface area contributed by atoms with Crippen molar-refractivity contribution in [2.75, 3.05) is 11.0 Å². The minimum atomic E-state index is 0.235. The van der Waals surface area contributed by atoms with Gasteiger partial charge in [-0.2, -0.15) is 0 Å². The molecule has 0 amide bonds. The lowest BCUT2D eigenvalue weighted by atomic mass is 9.78. The highest BCUT2D eigenvalue weighted by molar-refractivity contribution is 14.1. The van der Waals surface area contributed by atoms with Crippen LogP contribution in [0.1, 0.15) is 71.6 Å². The lowest BCUT2D eigenvalue weighted by Gasteiger charge is -2.39. The maximum atomic E-state index is 6.24. The van der Waals surface area contributed by atoms with Gasteiger partial charge in [0.25, 0.3) is 0 Å². The molecule has 0 aromatic heterocycles. The molecule has 0 aliphatic heterocycles. The highest BCUT2D eigenvalue weighted by Gasteiger charge is 2.34. The van der Waals surface area contributed by atoms with Crippen molar-refractivity contribution in [1.82, 2.24) is 0 Å². The topological polar surface area (TPSA) is 9.23 Å². The Morgan fingerprint density at radius 1 is 1.12 bits per heavy atom. The van der Waals surface area contributed by atoms with Gasteiger partial charge in [-0.3, -0.25) is 0 Å². The summed E-state index contributed by atoms with van der Waals surface area (Å²) in [6.07, 6.45) is 12.0. The standard InChI is InChI=1S/C15H29IO/c1-3-5-6-12-17-15(13-16)10-8-14(7-4-2)9-11-15/h14H,3-13H2,1-2H3. The van der Waals surface area contributed by atoms with Crippen LogP contribution < -0.4 is 0 Å². The van der Waals surface area contributed by atoms with Crippen molar-refractivity contribution in [3.05, 3.63) is 0 Å². The number of unbranched alkanes of at least 4 members (excludes halogenated alkanes) is 2. The first-order valence-corrected chi connectivity index (χ1v) is 8.99. The van der Waals surface area contributed by atoms with Gasteiger partial charge in [0.1, 0.15) is 0 Å². The van der Waals surface area contributed by atoms with Crippen LogP contribution in [0, 0.1) is 5.92 Å². The van der Waals surface area contributed by atoms with Crippen molar-refractivity contribution >= 4 is 22.6 Å². The molecule has 1 nitrogen and oxygen atoms in total. The van der Waals surface area contributed by atoms with Crippen LogP contribution in [0.2, 0.25) is 0 Å².